The van der Waals surface area contributed by atoms with Crippen molar-refractivity contribution in [3.05, 3.63) is 17.2 Å². The number of nitrogens with one attached hydrogen (secondary N) is 1. The van der Waals surface area contributed by atoms with E-state index in [4.69, 9.17) is 5.73 Å². The summed E-state index contributed by atoms with van der Waals surface area (Å²) >= 11 is 0. The Morgan fingerprint density at radius 2 is 2.07 bits per heavy atom. The molecule has 0 unspecified atom stereocenters. The largest absolute Gasteiger partial charge is 0.346 e. The molecule has 0 radical (unpaired) electrons. The van der Waals surface area contributed by atoms with Gasteiger partial charge in [0.2, 0.25) is 0 Å². The number of aryl methyl sites for hydroxylation is 2. The van der Waals surface area contributed by atoms with Gasteiger partial charge < -0.3 is 10.7 Å². The van der Waals surface area contributed by atoms with Gasteiger partial charge >= 0.3 is 0 Å². The molecule has 1 aromatic rings. The number of imidazole rings is 1. The summed E-state index contributed by atoms with van der Waals surface area (Å²) in [6.45, 7) is 4.07. The second kappa shape index (κ2) is 3.39. The highest BCUT2D eigenvalue weighted by Crippen LogP contribution is 2.19. The summed E-state index contributed by atoms with van der Waals surface area (Å²) < 4.78 is 0. The van der Waals surface area contributed by atoms with E-state index in [1.165, 1.54) is 24.2 Å². The van der Waals surface area contributed by atoms with Crippen LogP contribution in [-0.4, -0.2) is 15.5 Å². The fraction of sp³-hybridized carbons (Fsp3) is 0.727. The Kier molecular flexibility index (Phi) is 2.35. The molecule has 3 heteroatoms. The second-order valence-electron chi connectivity index (χ2n) is 4.98. The van der Waals surface area contributed by atoms with E-state index < -0.39 is 0 Å². The molecule has 0 saturated carbocycles. The minimum absolute atomic E-state index is 0.166. The number of hydrogen-bond acceptors (Lipinski definition) is 2. The Morgan fingerprint density at radius 1 is 1.36 bits per heavy atom. The molecule has 78 valence electrons. The van der Waals surface area contributed by atoms with Crippen molar-refractivity contribution in [2.45, 2.75) is 51.5 Å². The van der Waals surface area contributed by atoms with E-state index in [0.717, 1.165) is 25.1 Å². The van der Waals surface area contributed by atoms with Gasteiger partial charge in [-0.3, -0.25) is 0 Å². The normalized spacial score (nSPS) is 16.8. The van der Waals surface area contributed by atoms with Crippen molar-refractivity contribution < 1.29 is 0 Å². The van der Waals surface area contributed by atoms with Crippen LogP contribution >= 0.6 is 0 Å². The van der Waals surface area contributed by atoms with Crippen molar-refractivity contribution in [2.24, 2.45) is 5.73 Å². The Bertz CT molecular complexity index is 296. The standard InChI is InChI=1S/C11H19N3/c1-11(2,12)7-10-13-8-5-3-4-6-9(8)14-10/h3-7,12H2,1-2H3,(H,13,14). The summed E-state index contributed by atoms with van der Waals surface area (Å²) in [5.41, 5.74) is 8.42. The number of fused-ring (bicyclic) bond motifs is 1. The van der Waals surface area contributed by atoms with Crippen LogP contribution in [0.4, 0.5) is 0 Å². The second-order valence-corrected chi connectivity index (χ2v) is 4.98. The number of aromatic nitrogens is 2. The highest BCUT2D eigenvalue weighted by atomic mass is 14.9. The average molecular weight is 193 g/mol. The molecule has 1 aromatic heterocycles. The summed E-state index contributed by atoms with van der Waals surface area (Å²) in [7, 11) is 0. The molecule has 0 amide bonds. The zero-order valence-electron chi connectivity index (χ0n) is 9.06. The lowest BCUT2D eigenvalue weighted by atomic mass is 10.0. The molecule has 0 fully saturated rings. The molecule has 3 N–H and O–H groups in total. The molecule has 0 bridgehead atoms. The predicted molar refractivity (Wildman–Crippen MR) is 57.2 cm³/mol. The predicted octanol–water partition coefficient (Wildman–Crippen LogP) is 1.57. The molecule has 0 aliphatic heterocycles. The maximum atomic E-state index is 5.97. The van der Waals surface area contributed by atoms with Gasteiger partial charge in [-0.15, -0.1) is 0 Å². The molecule has 0 atom stereocenters. The van der Waals surface area contributed by atoms with E-state index in [9.17, 15) is 0 Å². The van der Waals surface area contributed by atoms with Crippen LogP contribution in [0.15, 0.2) is 0 Å². The van der Waals surface area contributed by atoms with E-state index >= 15 is 0 Å². The maximum absolute atomic E-state index is 5.97. The van der Waals surface area contributed by atoms with Gasteiger partial charge in [-0.05, 0) is 39.5 Å². The van der Waals surface area contributed by atoms with Gasteiger partial charge in [0, 0.05) is 17.7 Å². The van der Waals surface area contributed by atoms with Crippen LogP contribution in [0.1, 0.15) is 43.9 Å². The molecule has 1 aliphatic carbocycles. The summed E-state index contributed by atoms with van der Waals surface area (Å²) in [6.07, 6.45) is 5.70. The molecule has 0 aromatic carbocycles. The molecular formula is C11H19N3. The first kappa shape index (κ1) is 9.71. The van der Waals surface area contributed by atoms with Crippen molar-refractivity contribution in [1.82, 2.24) is 9.97 Å². The summed E-state index contributed by atoms with van der Waals surface area (Å²) in [5, 5.41) is 0. The number of nitrogens with zero attached hydrogens (tertiary/aromatic N) is 1. The van der Waals surface area contributed by atoms with Gasteiger partial charge in [0.1, 0.15) is 5.82 Å². The average Bonchev–Trinajstić information content (AvgIpc) is 2.42. The van der Waals surface area contributed by atoms with Crippen LogP contribution in [0.3, 0.4) is 0 Å². The highest BCUT2D eigenvalue weighted by molar-refractivity contribution is 5.18. The third-order valence-corrected chi connectivity index (χ3v) is 2.63. The minimum atomic E-state index is -0.166. The molecular weight excluding hydrogens is 174 g/mol. The van der Waals surface area contributed by atoms with Crippen LogP contribution in [0.5, 0.6) is 0 Å². The van der Waals surface area contributed by atoms with Gasteiger partial charge in [0.05, 0.1) is 5.69 Å². The molecule has 3 nitrogen and oxygen atoms in total. The molecule has 14 heavy (non-hydrogen) atoms. The monoisotopic (exact) mass is 193 g/mol. The smallest absolute Gasteiger partial charge is 0.108 e. The Hall–Kier alpha value is -0.830. The number of aromatic amines is 1. The third kappa shape index (κ3) is 2.15. The zero-order chi connectivity index (χ0) is 10.2. The Morgan fingerprint density at radius 3 is 2.71 bits per heavy atom. The van der Waals surface area contributed by atoms with Crippen LogP contribution in [0, 0.1) is 0 Å². The van der Waals surface area contributed by atoms with E-state index in [0.29, 0.717) is 0 Å². The van der Waals surface area contributed by atoms with Gasteiger partial charge in [-0.1, -0.05) is 0 Å². The van der Waals surface area contributed by atoms with Gasteiger partial charge in [-0.2, -0.15) is 0 Å². The van der Waals surface area contributed by atoms with E-state index in [1.807, 2.05) is 13.8 Å². The first-order valence-corrected chi connectivity index (χ1v) is 5.40. The quantitative estimate of drug-likeness (QED) is 0.749. The van der Waals surface area contributed by atoms with Crippen LogP contribution < -0.4 is 5.73 Å². The molecule has 0 saturated heterocycles. The van der Waals surface area contributed by atoms with Crippen LogP contribution in [0.25, 0.3) is 0 Å². The lowest BCUT2D eigenvalue weighted by Gasteiger charge is -2.15. The first-order chi connectivity index (χ1) is 6.54. The van der Waals surface area contributed by atoms with Crippen LogP contribution in [0.2, 0.25) is 0 Å². The minimum Gasteiger partial charge on any atom is -0.346 e. The summed E-state index contributed by atoms with van der Waals surface area (Å²) in [5.74, 6) is 1.06. The Labute approximate surface area is 85.1 Å². The van der Waals surface area contributed by atoms with Gasteiger partial charge in [-0.25, -0.2) is 4.98 Å². The number of nitrogens with two attached hydrogens (primary N) is 1. The summed E-state index contributed by atoms with van der Waals surface area (Å²) in [4.78, 5) is 8.00. The molecule has 2 rings (SSSR count). The Balaban J connectivity index is 2.16. The fourth-order valence-corrected chi connectivity index (χ4v) is 2.03. The number of hydrogen-bond donors (Lipinski definition) is 2. The maximum Gasteiger partial charge on any atom is 0.108 e. The van der Waals surface area contributed by atoms with E-state index in [2.05, 4.69) is 9.97 Å². The van der Waals surface area contributed by atoms with Crippen LogP contribution in [-0.2, 0) is 19.3 Å². The summed E-state index contributed by atoms with van der Waals surface area (Å²) in [6, 6.07) is 0. The van der Waals surface area contributed by atoms with Crippen molar-refractivity contribution in [1.29, 1.82) is 0 Å². The molecule has 1 aliphatic rings. The van der Waals surface area contributed by atoms with E-state index in [1.54, 1.807) is 0 Å². The zero-order valence-corrected chi connectivity index (χ0v) is 9.06. The van der Waals surface area contributed by atoms with Crippen molar-refractivity contribution in [2.75, 3.05) is 0 Å². The van der Waals surface area contributed by atoms with E-state index in [-0.39, 0.29) is 5.54 Å². The number of rotatable bonds is 2. The molecule has 0 spiro atoms. The van der Waals surface area contributed by atoms with Crippen molar-refractivity contribution in [3.8, 4) is 0 Å². The van der Waals surface area contributed by atoms with Crippen molar-refractivity contribution in [3.63, 3.8) is 0 Å². The lowest BCUT2D eigenvalue weighted by Crippen LogP contribution is -2.34. The van der Waals surface area contributed by atoms with Gasteiger partial charge in [0.15, 0.2) is 0 Å². The molecule has 1 heterocycles. The highest BCUT2D eigenvalue weighted by Gasteiger charge is 2.18. The van der Waals surface area contributed by atoms with Crippen molar-refractivity contribution >= 4 is 0 Å². The SMILES string of the molecule is CC(C)(N)Cc1nc2c([nH]1)CCCC2. The third-order valence-electron chi connectivity index (χ3n) is 2.63. The fourth-order valence-electron chi connectivity index (χ4n) is 2.03. The first-order valence-electron chi connectivity index (χ1n) is 5.40. The topological polar surface area (TPSA) is 54.7 Å². The number of H-pyrrole nitrogens is 1. The van der Waals surface area contributed by atoms with Gasteiger partial charge in [0.25, 0.3) is 0 Å². The lowest BCUT2D eigenvalue weighted by molar-refractivity contribution is 0.504.